The van der Waals surface area contributed by atoms with Gasteiger partial charge >= 0.3 is 0 Å². The van der Waals surface area contributed by atoms with Crippen molar-refractivity contribution in [1.29, 1.82) is 0 Å². The van der Waals surface area contributed by atoms with Crippen molar-refractivity contribution in [2.75, 3.05) is 11.9 Å². The van der Waals surface area contributed by atoms with Crippen molar-refractivity contribution in [2.24, 2.45) is 0 Å². The highest BCUT2D eigenvalue weighted by Crippen LogP contribution is 2.29. The first kappa shape index (κ1) is 19.2. The second-order valence-electron chi connectivity index (χ2n) is 6.30. The van der Waals surface area contributed by atoms with E-state index in [0.717, 1.165) is 5.56 Å². The van der Waals surface area contributed by atoms with Gasteiger partial charge in [-0.1, -0.05) is 24.3 Å². The number of hydrogen-bond acceptors (Lipinski definition) is 4. The molecule has 1 aromatic heterocycles. The number of carbonyl (C=O) groups is 2. The second-order valence-corrected chi connectivity index (χ2v) is 6.30. The van der Waals surface area contributed by atoms with Crippen LogP contribution in [0, 0.1) is 6.92 Å². The van der Waals surface area contributed by atoms with Crippen LogP contribution in [0.2, 0.25) is 0 Å². The molecule has 2 amide bonds. The Morgan fingerprint density at radius 2 is 1.89 bits per heavy atom. The van der Waals surface area contributed by atoms with E-state index in [1.54, 1.807) is 18.2 Å². The van der Waals surface area contributed by atoms with Gasteiger partial charge in [0, 0.05) is 13.0 Å². The van der Waals surface area contributed by atoms with E-state index in [2.05, 4.69) is 10.6 Å². The van der Waals surface area contributed by atoms with Crippen LogP contribution in [0.4, 0.5) is 5.69 Å². The Labute approximate surface area is 163 Å². The highest BCUT2D eigenvalue weighted by molar-refractivity contribution is 5.93. The molecule has 0 aliphatic carbocycles. The van der Waals surface area contributed by atoms with Gasteiger partial charge in [-0.25, -0.2) is 0 Å². The number of hydrogen-bond donors (Lipinski definition) is 2. The third-order valence-corrected chi connectivity index (χ3v) is 3.99. The Hall–Kier alpha value is -3.54. The van der Waals surface area contributed by atoms with Crippen LogP contribution in [0.25, 0.3) is 0 Å². The molecule has 3 aromatic rings. The Morgan fingerprint density at radius 1 is 1.04 bits per heavy atom. The topological polar surface area (TPSA) is 80.6 Å². The van der Waals surface area contributed by atoms with Gasteiger partial charge in [0.05, 0.1) is 12.0 Å². The molecule has 28 heavy (non-hydrogen) atoms. The van der Waals surface area contributed by atoms with E-state index in [0.29, 0.717) is 30.2 Å². The number of aryl methyl sites for hydroxylation is 1. The SMILES string of the molecule is Cc1cccc(Oc2ccccc2NC(=O)CCCNC(=O)c2ccco2)c1. The molecular formula is C22H22N2O4. The van der Waals surface area contributed by atoms with Gasteiger partial charge in [0.2, 0.25) is 5.91 Å². The molecule has 1 heterocycles. The van der Waals surface area contributed by atoms with Crippen molar-refractivity contribution in [1.82, 2.24) is 5.32 Å². The summed E-state index contributed by atoms with van der Waals surface area (Å²) < 4.78 is 10.9. The number of benzene rings is 2. The minimum Gasteiger partial charge on any atom is -0.459 e. The fraction of sp³-hybridized carbons (Fsp3) is 0.182. The molecular weight excluding hydrogens is 356 g/mol. The average molecular weight is 378 g/mol. The van der Waals surface area contributed by atoms with Crippen LogP contribution in [0.3, 0.4) is 0 Å². The smallest absolute Gasteiger partial charge is 0.286 e. The van der Waals surface area contributed by atoms with Crippen LogP contribution in [0.5, 0.6) is 11.5 Å². The average Bonchev–Trinajstić information content (AvgIpc) is 3.22. The number of carbonyl (C=O) groups excluding carboxylic acids is 2. The van der Waals surface area contributed by atoms with Gasteiger partial charge in [-0.3, -0.25) is 9.59 Å². The van der Waals surface area contributed by atoms with Crippen molar-refractivity contribution < 1.29 is 18.7 Å². The molecule has 2 aromatic carbocycles. The maximum absolute atomic E-state index is 12.2. The standard InChI is InChI=1S/C22H22N2O4/c1-16-7-4-8-17(15-16)28-19-10-3-2-9-18(19)24-21(25)12-5-13-23-22(26)20-11-6-14-27-20/h2-4,6-11,14-15H,5,12-13H2,1H3,(H,23,26)(H,24,25). The molecule has 0 aliphatic rings. The van der Waals surface area contributed by atoms with Gasteiger partial charge in [0.15, 0.2) is 11.5 Å². The van der Waals surface area contributed by atoms with Gasteiger partial charge in [0.25, 0.3) is 5.91 Å². The Bertz CT molecular complexity index is 935. The predicted octanol–water partition coefficient (Wildman–Crippen LogP) is 4.53. The summed E-state index contributed by atoms with van der Waals surface area (Å²) in [6.45, 7) is 2.37. The second kappa shape index (κ2) is 9.41. The fourth-order valence-corrected chi connectivity index (χ4v) is 2.62. The van der Waals surface area contributed by atoms with E-state index in [4.69, 9.17) is 9.15 Å². The molecule has 2 N–H and O–H groups in total. The molecule has 6 heteroatoms. The van der Waals surface area contributed by atoms with E-state index in [9.17, 15) is 9.59 Å². The number of anilines is 1. The third kappa shape index (κ3) is 5.48. The van der Waals surface area contributed by atoms with E-state index >= 15 is 0 Å². The summed E-state index contributed by atoms with van der Waals surface area (Å²) in [6.07, 6.45) is 2.23. The van der Waals surface area contributed by atoms with Crippen LogP contribution in [-0.2, 0) is 4.79 Å². The van der Waals surface area contributed by atoms with Crippen LogP contribution < -0.4 is 15.4 Å². The maximum Gasteiger partial charge on any atom is 0.286 e. The summed E-state index contributed by atoms with van der Waals surface area (Å²) in [5.74, 6) is 1.11. The molecule has 0 spiro atoms. The van der Waals surface area contributed by atoms with E-state index in [-0.39, 0.29) is 24.0 Å². The highest BCUT2D eigenvalue weighted by atomic mass is 16.5. The molecule has 6 nitrogen and oxygen atoms in total. The number of furan rings is 1. The third-order valence-electron chi connectivity index (χ3n) is 3.99. The van der Waals surface area contributed by atoms with Crippen molar-refractivity contribution in [2.45, 2.75) is 19.8 Å². The van der Waals surface area contributed by atoms with Crippen molar-refractivity contribution in [3.8, 4) is 11.5 Å². The van der Waals surface area contributed by atoms with Gasteiger partial charge in [-0.05, 0) is 55.3 Å². The first-order chi connectivity index (χ1) is 13.6. The largest absolute Gasteiger partial charge is 0.459 e. The lowest BCUT2D eigenvalue weighted by Crippen LogP contribution is -2.25. The van der Waals surface area contributed by atoms with Crippen LogP contribution in [0.15, 0.2) is 71.3 Å². The Kier molecular flexibility index (Phi) is 6.46. The Morgan fingerprint density at radius 3 is 2.68 bits per heavy atom. The predicted molar refractivity (Wildman–Crippen MR) is 107 cm³/mol. The molecule has 0 saturated heterocycles. The molecule has 0 saturated carbocycles. The Balaban J connectivity index is 1.49. The summed E-state index contributed by atoms with van der Waals surface area (Å²) in [6, 6.07) is 18.2. The molecule has 0 radical (unpaired) electrons. The number of nitrogens with one attached hydrogen (secondary N) is 2. The molecule has 0 atom stereocenters. The van der Waals surface area contributed by atoms with Gasteiger partial charge in [-0.15, -0.1) is 0 Å². The minimum atomic E-state index is -0.290. The summed E-state index contributed by atoms with van der Waals surface area (Å²) >= 11 is 0. The quantitative estimate of drug-likeness (QED) is 0.565. The number of rotatable bonds is 8. The lowest BCUT2D eigenvalue weighted by atomic mass is 10.2. The molecule has 0 bridgehead atoms. The minimum absolute atomic E-state index is 0.146. The number of para-hydroxylation sites is 2. The monoisotopic (exact) mass is 378 g/mol. The van der Waals surface area contributed by atoms with Crippen molar-refractivity contribution in [3.05, 3.63) is 78.3 Å². The van der Waals surface area contributed by atoms with Gasteiger partial charge in [0.1, 0.15) is 5.75 Å². The molecule has 0 unspecified atom stereocenters. The molecule has 0 fully saturated rings. The van der Waals surface area contributed by atoms with Crippen molar-refractivity contribution in [3.63, 3.8) is 0 Å². The fourth-order valence-electron chi connectivity index (χ4n) is 2.62. The first-order valence-electron chi connectivity index (χ1n) is 9.07. The summed E-state index contributed by atoms with van der Waals surface area (Å²) in [5, 5.41) is 5.58. The maximum atomic E-state index is 12.2. The number of amides is 2. The van der Waals surface area contributed by atoms with Crippen LogP contribution in [0.1, 0.15) is 29.0 Å². The van der Waals surface area contributed by atoms with E-state index in [1.807, 2.05) is 49.4 Å². The molecule has 0 aliphatic heterocycles. The van der Waals surface area contributed by atoms with E-state index in [1.165, 1.54) is 6.26 Å². The lowest BCUT2D eigenvalue weighted by Gasteiger charge is -2.12. The van der Waals surface area contributed by atoms with Crippen LogP contribution in [-0.4, -0.2) is 18.4 Å². The number of ether oxygens (including phenoxy) is 1. The highest BCUT2D eigenvalue weighted by Gasteiger charge is 2.10. The van der Waals surface area contributed by atoms with Crippen molar-refractivity contribution >= 4 is 17.5 Å². The summed E-state index contributed by atoms with van der Waals surface area (Å²) in [7, 11) is 0. The zero-order valence-corrected chi connectivity index (χ0v) is 15.6. The molecule has 144 valence electrons. The zero-order valence-electron chi connectivity index (χ0n) is 15.6. The van der Waals surface area contributed by atoms with Gasteiger partial charge < -0.3 is 19.8 Å². The molecule has 3 rings (SSSR count). The zero-order chi connectivity index (χ0) is 19.8. The van der Waals surface area contributed by atoms with Gasteiger partial charge in [-0.2, -0.15) is 0 Å². The van der Waals surface area contributed by atoms with Crippen LogP contribution >= 0.6 is 0 Å². The van der Waals surface area contributed by atoms with E-state index < -0.39 is 0 Å². The normalized spacial score (nSPS) is 10.3. The first-order valence-corrected chi connectivity index (χ1v) is 9.07. The lowest BCUT2D eigenvalue weighted by molar-refractivity contribution is -0.116. The summed E-state index contributed by atoms with van der Waals surface area (Å²) in [4.78, 5) is 24.0. The summed E-state index contributed by atoms with van der Waals surface area (Å²) in [5.41, 5.74) is 1.70.